The Kier molecular flexibility index (Phi) is 6.13. The number of esters is 1. The summed E-state index contributed by atoms with van der Waals surface area (Å²) in [6.45, 7) is 0.0509. The van der Waals surface area contributed by atoms with Crippen LogP contribution in [0.15, 0.2) is 53.4 Å². The van der Waals surface area contributed by atoms with E-state index in [1.807, 2.05) is 12.1 Å². The summed E-state index contributed by atoms with van der Waals surface area (Å²) in [5, 5.41) is 0. The Morgan fingerprint density at radius 1 is 1.04 bits per heavy atom. The smallest absolute Gasteiger partial charge is 0.338 e. The van der Waals surface area contributed by atoms with E-state index in [4.69, 9.17) is 14.3 Å². The van der Waals surface area contributed by atoms with Gasteiger partial charge in [0.05, 0.1) is 24.7 Å². The molecule has 0 spiro atoms. The Hall–Kier alpha value is -2.42. The summed E-state index contributed by atoms with van der Waals surface area (Å²) >= 11 is 0. The monoisotopic (exact) mass is 365 g/mol. The number of carbonyl (C=O) groups excluding carboxylic acids is 1. The number of sulfonamides is 1. The van der Waals surface area contributed by atoms with Crippen molar-refractivity contribution < 1.29 is 27.5 Å². The second-order valence-electron chi connectivity index (χ2n) is 5.01. The van der Waals surface area contributed by atoms with Gasteiger partial charge in [0.1, 0.15) is 12.4 Å². The SMILES string of the molecule is COc1ccccc1COC(=O)c1ccc(S(=O)(=O)N(C)OC)cc1. The highest BCUT2D eigenvalue weighted by Crippen LogP contribution is 2.19. The minimum Gasteiger partial charge on any atom is -0.496 e. The van der Waals surface area contributed by atoms with Gasteiger partial charge in [0.2, 0.25) is 0 Å². The largest absolute Gasteiger partial charge is 0.496 e. The van der Waals surface area contributed by atoms with Crippen LogP contribution in [0.2, 0.25) is 0 Å². The molecule has 134 valence electrons. The van der Waals surface area contributed by atoms with Crippen molar-refractivity contribution in [2.45, 2.75) is 11.5 Å². The van der Waals surface area contributed by atoms with E-state index >= 15 is 0 Å². The van der Waals surface area contributed by atoms with Crippen LogP contribution in [0, 0.1) is 0 Å². The van der Waals surface area contributed by atoms with Gasteiger partial charge in [-0.15, -0.1) is 0 Å². The van der Waals surface area contributed by atoms with Gasteiger partial charge in [0.25, 0.3) is 10.0 Å². The topological polar surface area (TPSA) is 82.1 Å². The van der Waals surface area contributed by atoms with Crippen LogP contribution < -0.4 is 4.74 Å². The molecule has 0 fully saturated rings. The molecule has 2 rings (SSSR count). The summed E-state index contributed by atoms with van der Waals surface area (Å²) in [4.78, 5) is 16.8. The molecule has 0 amide bonds. The number of hydrogen-bond donors (Lipinski definition) is 0. The first-order valence-electron chi connectivity index (χ1n) is 7.32. The molecule has 0 aromatic heterocycles. The van der Waals surface area contributed by atoms with E-state index in [-0.39, 0.29) is 17.1 Å². The van der Waals surface area contributed by atoms with Crippen LogP contribution in [0.1, 0.15) is 15.9 Å². The van der Waals surface area contributed by atoms with Crippen LogP contribution in [0.5, 0.6) is 5.75 Å². The first-order chi connectivity index (χ1) is 11.9. The third-order valence-corrected chi connectivity index (χ3v) is 5.23. The molecule has 0 aliphatic rings. The zero-order valence-corrected chi connectivity index (χ0v) is 14.9. The highest BCUT2D eigenvalue weighted by atomic mass is 32.2. The number of methoxy groups -OCH3 is 1. The molecule has 25 heavy (non-hydrogen) atoms. The van der Waals surface area contributed by atoms with Gasteiger partial charge in [-0.1, -0.05) is 22.7 Å². The van der Waals surface area contributed by atoms with Gasteiger partial charge < -0.3 is 9.47 Å². The average molecular weight is 365 g/mol. The van der Waals surface area contributed by atoms with Gasteiger partial charge >= 0.3 is 5.97 Å². The number of ether oxygens (including phenoxy) is 2. The van der Waals surface area contributed by atoms with E-state index in [1.54, 1.807) is 12.1 Å². The first-order valence-corrected chi connectivity index (χ1v) is 8.76. The van der Waals surface area contributed by atoms with Crippen molar-refractivity contribution in [1.82, 2.24) is 4.47 Å². The van der Waals surface area contributed by atoms with Crippen molar-refractivity contribution in [2.24, 2.45) is 0 Å². The Labute approximate surface area is 146 Å². The number of benzene rings is 2. The van der Waals surface area contributed by atoms with E-state index in [0.29, 0.717) is 5.75 Å². The zero-order valence-electron chi connectivity index (χ0n) is 14.1. The van der Waals surface area contributed by atoms with Gasteiger partial charge in [0, 0.05) is 12.6 Å². The summed E-state index contributed by atoms with van der Waals surface area (Å²) in [6, 6.07) is 12.6. The lowest BCUT2D eigenvalue weighted by molar-refractivity contribution is -0.0258. The molecule has 0 unspecified atom stereocenters. The summed E-state index contributed by atoms with van der Waals surface area (Å²) in [7, 11) is 0.319. The molecule has 0 aliphatic heterocycles. The van der Waals surface area contributed by atoms with Crippen molar-refractivity contribution in [1.29, 1.82) is 0 Å². The fourth-order valence-corrected chi connectivity index (χ4v) is 3.03. The maximum atomic E-state index is 12.1. The van der Waals surface area contributed by atoms with Crippen molar-refractivity contribution in [3.05, 3.63) is 59.7 Å². The lowest BCUT2D eigenvalue weighted by Gasteiger charge is -2.14. The van der Waals surface area contributed by atoms with Gasteiger partial charge in [-0.05, 0) is 30.3 Å². The number of para-hydroxylation sites is 1. The minimum absolute atomic E-state index is 0.0122. The maximum absolute atomic E-state index is 12.1. The predicted octanol–water partition coefficient (Wildman–Crippen LogP) is 2.23. The predicted molar refractivity (Wildman–Crippen MR) is 90.5 cm³/mol. The highest BCUT2D eigenvalue weighted by Gasteiger charge is 2.21. The third kappa shape index (κ3) is 4.36. The molecule has 0 bridgehead atoms. The Morgan fingerprint density at radius 3 is 2.28 bits per heavy atom. The molecule has 0 radical (unpaired) electrons. The number of nitrogens with zero attached hydrogens (tertiary/aromatic N) is 1. The van der Waals surface area contributed by atoms with Gasteiger partial charge in [-0.2, -0.15) is 0 Å². The van der Waals surface area contributed by atoms with Gasteiger partial charge in [-0.25, -0.2) is 13.2 Å². The second-order valence-corrected chi connectivity index (χ2v) is 6.95. The molecule has 8 heteroatoms. The number of hydrogen-bond acceptors (Lipinski definition) is 6. The van der Waals surface area contributed by atoms with Crippen molar-refractivity contribution in [2.75, 3.05) is 21.3 Å². The molecule has 2 aromatic rings. The third-order valence-electron chi connectivity index (χ3n) is 3.53. The minimum atomic E-state index is -3.75. The standard InChI is InChI=1S/C17H19NO6S/c1-18(23-3)25(20,21)15-10-8-13(9-11-15)17(19)24-12-14-6-4-5-7-16(14)22-2/h4-11H,12H2,1-3H3. The lowest BCUT2D eigenvalue weighted by atomic mass is 10.2. The summed E-state index contributed by atoms with van der Waals surface area (Å²) < 4.78 is 35.4. The molecule has 0 saturated carbocycles. The fraction of sp³-hybridized carbons (Fsp3) is 0.235. The molecular formula is C17H19NO6S. The van der Waals surface area contributed by atoms with Crippen molar-refractivity contribution >= 4 is 16.0 Å². The van der Waals surface area contributed by atoms with Crippen LogP contribution in [-0.4, -0.2) is 40.1 Å². The number of rotatable bonds is 7. The lowest BCUT2D eigenvalue weighted by Crippen LogP contribution is -2.25. The van der Waals surface area contributed by atoms with E-state index in [9.17, 15) is 13.2 Å². The van der Waals surface area contributed by atoms with Gasteiger partial charge in [0.15, 0.2) is 0 Å². The van der Waals surface area contributed by atoms with E-state index < -0.39 is 16.0 Å². The van der Waals surface area contributed by atoms with Crippen LogP contribution >= 0.6 is 0 Å². The van der Waals surface area contributed by atoms with E-state index in [2.05, 4.69) is 0 Å². The first kappa shape index (κ1) is 18.9. The van der Waals surface area contributed by atoms with Crippen LogP contribution in [0.25, 0.3) is 0 Å². The van der Waals surface area contributed by atoms with E-state index in [0.717, 1.165) is 10.0 Å². The summed E-state index contributed by atoms with van der Waals surface area (Å²) in [6.07, 6.45) is 0. The van der Waals surface area contributed by atoms with E-state index in [1.165, 1.54) is 45.5 Å². The Bertz CT molecular complexity index is 832. The van der Waals surface area contributed by atoms with Crippen LogP contribution in [0.4, 0.5) is 0 Å². The number of carbonyl (C=O) groups is 1. The zero-order chi connectivity index (χ0) is 18.4. The molecule has 0 heterocycles. The Balaban J connectivity index is 2.08. The maximum Gasteiger partial charge on any atom is 0.338 e. The highest BCUT2D eigenvalue weighted by molar-refractivity contribution is 7.89. The molecule has 7 nitrogen and oxygen atoms in total. The quantitative estimate of drug-likeness (QED) is 0.553. The second kappa shape index (κ2) is 8.11. The average Bonchev–Trinajstić information content (AvgIpc) is 2.65. The Morgan fingerprint density at radius 2 is 1.68 bits per heavy atom. The van der Waals surface area contributed by atoms with Crippen LogP contribution in [0.3, 0.4) is 0 Å². The van der Waals surface area contributed by atoms with Crippen molar-refractivity contribution in [3.63, 3.8) is 0 Å². The molecular weight excluding hydrogens is 346 g/mol. The molecule has 0 N–H and O–H groups in total. The number of hydroxylamine groups is 1. The fourth-order valence-electron chi connectivity index (χ4n) is 2.06. The molecule has 0 saturated heterocycles. The van der Waals surface area contributed by atoms with Crippen LogP contribution in [-0.2, 0) is 26.2 Å². The summed E-state index contributed by atoms with van der Waals surface area (Å²) in [5.41, 5.74) is 0.980. The van der Waals surface area contributed by atoms with Crippen molar-refractivity contribution in [3.8, 4) is 5.75 Å². The molecule has 0 atom stereocenters. The molecule has 2 aromatic carbocycles. The summed E-state index contributed by atoms with van der Waals surface area (Å²) in [5.74, 6) is 0.0642. The van der Waals surface area contributed by atoms with Gasteiger partial charge in [-0.3, -0.25) is 4.84 Å². The molecule has 0 aliphatic carbocycles. The normalized spacial score (nSPS) is 11.4.